The Hall–Kier alpha value is -1.55. The molecule has 0 bridgehead atoms. The lowest BCUT2D eigenvalue weighted by Gasteiger charge is -2.16. The van der Waals surface area contributed by atoms with Gasteiger partial charge < -0.3 is 15.3 Å². The first-order valence-corrected chi connectivity index (χ1v) is 6.34. The lowest BCUT2D eigenvalue weighted by molar-refractivity contribution is -0.122. The van der Waals surface area contributed by atoms with E-state index >= 15 is 0 Å². The van der Waals surface area contributed by atoms with Gasteiger partial charge in [0.05, 0.1) is 12.0 Å². The summed E-state index contributed by atoms with van der Waals surface area (Å²) in [5.74, 6) is -0.323. The van der Waals surface area contributed by atoms with Crippen molar-refractivity contribution in [3.63, 3.8) is 0 Å². The quantitative estimate of drug-likeness (QED) is 0.858. The molecular formula is C14H20N2O2. The maximum atomic E-state index is 12.0. The summed E-state index contributed by atoms with van der Waals surface area (Å²) in [6, 6.07) is 7.69. The van der Waals surface area contributed by atoms with Crippen LogP contribution in [0.4, 0.5) is 11.4 Å². The predicted molar refractivity (Wildman–Crippen MR) is 72.7 cm³/mol. The fourth-order valence-corrected chi connectivity index (χ4v) is 2.32. The van der Waals surface area contributed by atoms with Crippen molar-refractivity contribution in [3.8, 4) is 0 Å². The van der Waals surface area contributed by atoms with Gasteiger partial charge in [-0.25, -0.2) is 0 Å². The van der Waals surface area contributed by atoms with Gasteiger partial charge in [-0.3, -0.25) is 4.79 Å². The molecule has 1 amide bonds. The molecule has 2 rings (SSSR count). The van der Waals surface area contributed by atoms with Crippen LogP contribution in [0.15, 0.2) is 24.3 Å². The summed E-state index contributed by atoms with van der Waals surface area (Å²) in [6.45, 7) is 0. The fraction of sp³-hybridized carbons (Fsp3) is 0.500. The van der Waals surface area contributed by atoms with Crippen LogP contribution in [0.2, 0.25) is 0 Å². The number of benzene rings is 1. The minimum absolute atomic E-state index is 0.0717. The molecule has 1 aliphatic rings. The van der Waals surface area contributed by atoms with Crippen molar-refractivity contribution in [1.29, 1.82) is 0 Å². The number of nitrogens with one attached hydrogen (secondary N) is 1. The molecule has 0 spiro atoms. The third-order valence-electron chi connectivity index (χ3n) is 3.47. The number of hydrogen-bond donors (Lipinski definition) is 2. The summed E-state index contributed by atoms with van der Waals surface area (Å²) in [5.41, 5.74) is 1.87. The standard InChI is InChI=1S/C14H20N2O2/c1-16(2)11-8-6-10(7-9-11)15-14(18)12-4-3-5-13(12)17/h6-9,12-13,17H,3-5H2,1-2H3,(H,15,18). The zero-order valence-corrected chi connectivity index (χ0v) is 10.9. The zero-order chi connectivity index (χ0) is 13.1. The fourth-order valence-electron chi connectivity index (χ4n) is 2.32. The highest BCUT2D eigenvalue weighted by molar-refractivity contribution is 5.93. The number of aliphatic hydroxyl groups is 1. The normalized spacial score (nSPS) is 22.8. The number of anilines is 2. The summed E-state index contributed by atoms with van der Waals surface area (Å²) in [6.07, 6.45) is 1.96. The summed E-state index contributed by atoms with van der Waals surface area (Å²) in [5, 5.41) is 12.5. The van der Waals surface area contributed by atoms with E-state index in [1.165, 1.54) is 0 Å². The lowest BCUT2D eigenvalue weighted by atomic mass is 10.1. The molecule has 2 N–H and O–H groups in total. The second-order valence-electron chi connectivity index (χ2n) is 5.04. The van der Waals surface area contributed by atoms with Crippen molar-refractivity contribution < 1.29 is 9.90 Å². The molecule has 2 unspecified atom stereocenters. The third kappa shape index (κ3) is 2.82. The Morgan fingerprint density at radius 1 is 1.28 bits per heavy atom. The highest BCUT2D eigenvalue weighted by Crippen LogP contribution is 2.27. The van der Waals surface area contributed by atoms with Crippen molar-refractivity contribution in [1.82, 2.24) is 0 Å². The van der Waals surface area contributed by atoms with Crippen LogP contribution in [0.25, 0.3) is 0 Å². The number of nitrogens with zero attached hydrogens (tertiary/aromatic N) is 1. The largest absolute Gasteiger partial charge is 0.392 e. The maximum Gasteiger partial charge on any atom is 0.230 e. The topological polar surface area (TPSA) is 52.6 Å². The molecule has 1 aromatic rings. The number of rotatable bonds is 3. The molecule has 18 heavy (non-hydrogen) atoms. The molecule has 1 aromatic carbocycles. The van der Waals surface area contributed by atoms with Gasteiger partial charge in [0.15, 0.2) is 0 Å². The van der Waals surface area contributed by atoms with Crippen LogP contribution in [0, 0.1) is 5.92 Å². The van der Waals surface area contributed by atoms with Crippen LogP contribution < -0.4 is 10.2 Å². The maximum absolute atomic E-state index is 12.0. The number of hydrogen-bond acceptors (Lipinski definition) is 3. The lowest BCUT2D eigenvalue weighted by Crippen LogP contribution is -2.28. The van der Waals surface area contributed by atoms with Crippen LogP contribution >= 0.6 is 0 Å². The van der Waals surface area contributed by atoms with E-state index < -0.39 is 6.10 Å². The molecule has 1 fully saturated rings. The van der Waals surface area contributed by atoms with Gasteiger partial charge in [0.25, 0.3) is 0 Å². The molecule has 0 saturated heterocycles. The van der Waals surface area contributed by atoms with Crippen molar-refractivity contribution in [2.24, 2.45) is 5.92 Å². The molecule has 4 heteroatoms. The first-order valence-electron chi connectivity index (χ1n) is 6.34. The molecule has 0 radical (unpaired) electrons. The van der Waals surface area contributed by atoms with Gasteiger partial charge in [-0.05, 0) is 43.5 Å². The van der Waals surface area contributed by atoms with Crippen molar-refractivity contribution >= 4 is 17.3 Å². The number of carbonyl (C=O) groups is 1. The van der Waals surface area contributed by atoms with Crippen LogP contribution in [-0.4, -0.2) is 31.2 Å². The Kier molecular flexibility index (Phi) is 3.87. The number of aliphatic hydroxyl groups excluding tert-OH is 1. The van der Waals surface area contributed by atoms with E-state index in [1.54, 1.807) is 0 Å². The predicted octanol–water partition coefficient (Wildman–Crippen LogP) is 1.85. The van der Waals surface area contributed by atoms with Gasteiger partial charge >= 0.3 is 0 Å². The van der Waals surface area contributed by atoms with E-state index in [1.807, 2.05) is 43.3 Å². The van der Waals surface area contributed by atoms with Crippen LogP contribution in [0.1, 0.15) is 19.3 Å². The molecule has 1 saturated carbocycles. The second kappa shape index (κ2) is 5.40. The van der Waals surface area contributed by atoms with Crippen molar-refractivity contribution in [2.45, 2.75) is 25.4 Å². The van der Waals surface area contributed by atoms with Gasteiger partial charge in [-0.1, -0.05) is 0 Å². The van der Waals surface area contributed by atoms with E-state index in [2.05, 4.69) is 5.32 Å². The zero-order valence-electron chi connectivity index (χ0n) is 10.9. The first kappa shape index (κ1) is 12.9. The molecular weight excluding hydrogens is 228 g/mol. The molecule has 1 aliphatic carbocycles. The number of amides is 1. The summed E-state index contributed by atoms with van der Waals surface area (Å²) >= 11 is 0. The van der Waals surface area contributed by atoms with Gasteiger partial charge in [0, 0.05) is 25.5 Å². The molecule has 0 heterocycles. The van der Waals surface area contributed by atoms with Gasteiger partial charge in [0.1, 0.15) is 0 Å². The molecule has 0 aliphatic heterocycles. The van der Waals surface area contributed by atoms with E-state index in [0.29, 0.717) is 0 Å². The monoisotopic (exact) mass is 248 g/mol. The van der Waals surface area contributed by atoms with E-state index in [0.717, 1.165) is 30.6 Å². The van der Waals surface area contributed by atoms with Crippen LogP contribution in [0.5, 0.6) is 0 Å². The summed E-state index contributed by atoms with van der Waals surface area (Å²) < 4.78 is 0. The summed E-state index contributed by atoms with van der Waals surface area (Å²) in [7, 11) is 3.95. The van der Waals surface area contributed by atoms with Gasteiger partial charge in [0.2, 0.25) is 5.91 Å². The molecule has 0 aromatic heterocycles. The van der Waals surface area contributed by atoms with E-state index in [-0.39, 0.29) is 11.8 Å². The minimum atomic E-state index is -0.481. The number of carbonyl (C=O) groups excluding carboxylic acids is 1. The SMILES string of the molecule is CN(C)c1ccc(NC(=O)C2CCCC2O)cc1. The van der Waals surface area contributed by atoms with Crippen LogP contribution in [-0.2, 0) is 4.79 Å². The van der Waals surface area contributed by atoms with Crippen LogP contribution in [0.3, 0.4) is 0 Å². The second-order valence-corrected chi connectivity index (χ2v) is 5.04. The Morgan fingerprint density at radius 3 is 2.44 bits per heavy atom. The van der Waals surface area contributed by atoms with Gasteiger partial charge in [-0.15, -0.1) is 0 Å². The molecule has 2 atom stereocenters. The van der Waals surface area contributed by atoms with Crippen molar-refractivity contribution in [2.75, 3.05) is 24.3 Å². The minimum Gasteiger partial charge on any atom is -0.392 e. The Morgan fingerprint density at radius 2 is 1.94 bits per heavy atom. The van der Waals surface area contributed by atoms with Crippen molar-refractivity contribution in [3.05, 3.63) is 24.3 Å². The Bertz CT molecular complexity index is 414. The van der Waals surface area contributed by atoms with E-state index in [9.17, 15) is 9.90 Å². The van der Waals surface area contributed by atoms with E-state index in [4.69, 9.17) is 0 Å². The smallest absolute Gasteiger partial charge is 0.230 e. The molecule has 4 nitrogen and oxygen atoms in total. The van der Waals surface area contributed by atoms with Gasteiger partial charge in [-0.2, -0.15) is 0 Å². The summed E-state index contributed by atoms with van der Waals surface area (Å²) in [4.78, 5) is 14.0. The average Bonchev–Trinajstić information content (AvgIpc) is 2.76. The highest BCUT2D eigenvalue weighted by Gasteiger charge is 2.31. The Labute approximate surface area is 108 Å². The first-order chi connectivity index (χ1) is 8.58. The molecule has 98 valence electrons. The third-order valence-corrected chi connectivity index (χ3v) is 3.47. The highest BCUT2D eigenvalue weighted by atomic mass is 16.3. The average molecular weight is 248 g/mol. The Balaban J connectivity index is 1.98.